The Kier molecular flexibility index (Phi) is 3.03. The molecule has 2 N–H and O–H groups in total. The number of aliphatic hydroxyl groups excluding tert-OH is 1. The van der Waals surface area contributed by atoms with Crippen molar-refractivity contribution in [2.24, 2.45) is 7.05 Å². The maximum atomic E-state index is 9.49. The van der Waals surface area contributed by atoms with E-state index in [4.69, 9.17) is 4.74 Å². The largest absolute Gasteiger partial charge is 0.366 e. The number of nitrogens with one attached hydrogen (secondary N) is 1. The molecule has 1 aliphatic rings. The molecular formula is C19H16N4O2. The number of hydrogen-bond acceptors (Lipinski definition) is 4. The summed E-state index contributed by atoms with van der Waals surface area (Å²) in [5.41, 5.74) is 5.64. The Morgan fingerprint density at radius 3 is 2.88 bits per heavy atom. The molecule has 2 atom stereocenters. The lowest BCUT2D eigenvalue weighted by Gasteiger charge is -2.07. The van der Waals surface area contributed by atoms with Crippen LogP contribution in [0.1, 0.15) is 11.7 Å². The van der Waals surface area contributed by atoms with E-state index in [1.54, 1.807) is 12.5 Å². The molecule has 6 heteroatoms. The van der Waals surface area contributed by atoms with E-state index in [9.17, 15) is 5.11 Å². The average Bonchev–Trinajstić information content (AvgIpc) is 3.03. The summed E-state index contributed by atoms with van der Waals surface area (Å²) < 4.78 is 7.15. The van der Waals surface area contributed by atoms with Gasteiger partial charge in [0.05, 0.1) is 17.7 Å². The molecule has 0 amide bonds. The van der Waals surface area contributed by atoms with Gasteiger partial charge >= 0.3 is 0 Å². The van der Waals surface area contributed by atoms with Gasteiger partial charge in [0.2, 0.25) is 0 Å². The number of hydrogen-bond donors (Lipinski definition) is 2. The van der Waals surface area contributed by atoms with Gasteiger partial charge in [-0.2, -0.15) is 0 Å². The van der Waals surface area contributed by atoms with Crippen molar-refractivity contribution in [3.63, 3.8) is 0 Å². The summed E-state index contributed by atoms with van der Waals surface area (Å²) in [7, 11) is 1.97. The normalized spacial score (nSPS) is 19.4. The molecule has 0 aliphatic carbocycles. The number of ether oxygens (including phenoxy) is 1. The molecule has 0 saturated carbocycles. The lowest BCUT2D eigenvalue weighted by molar-refractivity contribution is 0.156. The molecule has 25 heavy (non-hydrogen) atoms. The Morgan fingerprint density at radius 2 is 2.04 bits per heavy atom. The van der Waals surface area contributed by atoms with Gasteiger partial charge in [-0.3, -0.25) is 4.98 Å². The highest BCUT2D eigenvalue weighted by molar-refractivity contribution is 5.87. The second-order valence-electron chi connectivity index (χ2n) is 6.25. The number of epoxide rings is 1. The Labute approximate surface area is 143 Å². The molecule has 1 aliphatic heterocycles. The number of aromatic nitrogens is 4. The Bertz CT molecular complexity index is 1080. The predicted molar refractivity (Wildman–Crippen MR) is 93.6 cm³/mol. The summed E-state index contributed by atoms with van der Waals surface area (Å²) in [4.78, 5) is 12.3. The van der Waals surface area contributed by atoms with Gasteiger partial charge in [0.25, 0.3) is 0 Å². The first-order chi connectivity index (χ1) is 12.2. The average molecular weight is 332 g/mol. The van der Waals surface area contributed by atoms with Crippen LogP contribution >= 0.6 is 0 Å². The molecule has 3 aromatic heterocycles. The molecule has 5 rings (SSSR count). The Hall–Kier alpha value is -2.96. The molecule has 1 aromatic carbocycles. The topological polar surface area (TPSA) is 79.3 Å². The highest BCUT2D eigenvalue weighted by Gasteiger charge is 2.38. The summed E-state index contributed by atoms with van der Waals surface area (Å²) >= 11 is 0. The summed E-state index contributed by atoms with van der Waals surface area (Å²) in [6, 6.07) is 12.1. The number of fused-ring (bicyclic) bond motifs is 1. The number of aliphatic hydroxyl groups is 1. The molecule has 4 aromatic rings. The second kappa shape index (κ2) is 5.27. The highest BCUT2D eigenvalue weighted by atomic mass is 16.7. The first-order valence-electron chi connectivity index (χ1n) is 8.09. The van der Waals surface area contributed by atoms with Crippen LogP contribution in [0.2, 0.25) is 0 Å². The van der Waals surface area contributed by atoms with Crippen LogP contribution in [0.3, 0.4) is 0 Å². The van der Waals surface area contributed by atoms with Gasteiger partial charge in [0, 0.05) is 30.5 Å². The summed E-state index contributed by atoms with van der Waals surface area (Å²) in [5, 5.41) is 10.7. The van der Waals surface area contributed by atoms with E-state index in [1.165, 1.54) is 5.39 Å². The van der Waals surface area contributed by atoms with E-state index in [0.717, 1.165) is 33.7 Å². The van der Waals surface area contributed by atoms with Crippen molar-refractivity contribution in [3.05, 3.63) is 60.7 Å². The fourth-order valence-corrected chi connectivity index (χ4v) is 3.25. The van der Waals surface area contributed by atoms with Crippen LogP contribution in [0, 0.1) is 0 Å². The van der Waals surface area contributed by atoms with Gasteiger partial charge in [0.15, 0.2) is 6.29 Å². The molecule has 1 saturated heterocycles. The van der Waals surface area contributed by atoms with E-state index >= 15 is 0 Å². The van der Waals surface area contributed by atoms with Crippen molar-refractivity contribution in [1.29, 1.82) is 0 Å². The van der Waals surface area contributed by atoms with Crippen LogP contribution in [0.15, 0.2) is 55.1 Å². The van der Waals surface area contributed by atoms with Crippen LogP contribution < -0.4 is 0 Å². The molecular weight excluding hydrogens is 316 g/mol. The predicted octanol–water partition coefficient (Wildman–Crippen LogP) is 3.02. The minimum absolute atomic E-state index is 0.260. The standard InChI is InChI=1S/C19H16N4O2/c1-23-10-22-16(15-9-13(5-7-21-15)18-19(24)25-18)17(23)12-3-2-11-4-6-20-14(11)8-12/h2-10,18-20,24H,1H3. The fraction of sp³-hybridized carbons (Fsp3) is 0.158. The number of aromatic amines is 1. The number of nitrogens with zero attached hydrogens (tertiary/aromatic N) is 3. The number of pyridine rings is 1. The SMILES string of the molecule is Cn1cnc(-c2cc(C3OC3O)ccn2)c1-c1ccc2cc[nH]c2c1. The fourth-order valence-electron chi connectivity index (χ4n) is 3.25. The van der Waals surface area contributed by atoms with Crippen molar-refractivity contribution in [2.75, 3.05) is 0 Å². The first-order valence-corrected chi connectivity index (χ1v) is 8.09. The third-order valence-corrected chi connectivity index (χ3v) is 4.59. The molecule has 1 fully saturated rings. The van der Waals surface area contributed by atoms with Crippen molar-refractivity contribution in [1.82, 2.24) is 19.5 Å². The smallest absolute Gasteiger partial charge is 0.186 e. The molecule has 0 spiro atoms. The summed E-state index contributed by atoms with van der Waals surface area (Å²) in [5.74, 6) is 0. The zero-order valence-corrected chi connectivity index (χ0v) is 13.5. The van der Waals surface area contributed by atoms with Gasteiger partial charge in [-0.05, 0) is 35.2 Å². The summed E-state index contributed by atoms with van der Waals surface area (Å²) in [6.07, 6.45) is 4.48. The third kappa shape index (κ3) is 2.34. The number of rotatable bonds is 3. The molecule has 0 bridgehead atoms. The number of benzene rings is 1. The molecule has 2 unspecified atom stereocenters. The van der Waals surface area contributed by atoms with Gasteiger partial charge in [-0.1, -0.05) is 12.1 Å². The van der Waals surface area contributed by atoms with Crippen LogP contribution in [-0.2, 0) is 11.8 Å². The molecule has 6 nitrogen and oxygen atoms in total. The van der Waals surface area contributed by atoms with Gasteiger partial charge in [-0.15, -0.1) is 0 Å². The number of H-pyrrole nitrogens is 1. The maximum Gasteiger partial charge on any atom is 0.186 e. The minimum Gasteiger partial charge on any atom is -0.366 e. The minimum atomic E-state index is -0.714. The zero-order valence-electron chi connectivity index (χ0n) is 13.5. The molecule has 4 heterocycles. The van der Waals surface area contributed by atoms with Crippen LogP contribution in [0.5, 0.6) is 0 Å². The van der Waals surface area contributed by atoms with E-state index in [1.807, 2.05) is 29.9 Å². The molecule has 0 radical (unpaired) electrons. The van der Waals surface area contributed by atoms with E-state index < -0.39 is 6.29 Å². The number of aryl methyl sites for hydroxylation is 1. The van der Waals surface area contributed by atoms with Crippen LogP contribution in [-0.4, -0.2) is 30.9 Å². The van der Waals surface area contributed by atoms with Gasteiger partial charge < -0.3 is 19.4 Å². The lowest BCUT2D eigenvalue weighted by atomic mass is 10.0. The van der Waals surface area contributed by atoms with Crippen LogP contribution in [0.4, 0.5) is 0 Å². The van der Waals surface area contributed by atoms with Crippen molar-refractivity contribution in [3.8, 4) is 22.6 Å². The van der Waals surface area contributed by atoms with Crippen molar-refractivity contribution < 1.29 is 9.84 Å². The van der Waals surface area contributed by atoms with E-state index in [2.05, 4.69) is 39.2 Å². The quantitative estimate of drug-likeness (QED) is 0.565. The monoisotopic (exact) mass is 332 g/mol. The highest BCUT2D eigenvalue weighted by Crippen LogP contribution is 2.38. The number of imidazole rings is 1. The Morgan fingerprint density at radius 1 is 1.16 bits per heavy atom. The first kappa shape index (κ1) is 14.4. The molecule has 124 valence electrons. The second-order valence-corrected chi connectivity index (χ2v) is 6.25. The van der Waals surface area contributed by atoms with Gasteiger partial charge in [-0.25, -0.2) is 4.98 Å². The van der Waals surface area contributed by atoms with E-state index in [-0.39, 0.29) is 6.10 Å². The zero-order chi connectivity index (χ0) is 17.0. The van der Waals surface area contributed by atoms with Crippen molar-refractivity contribution in [2.45, 2.75) is 12.4 Å². The maximum absolute atomic E-state index is 9.49. The van der Waals surface area contributed by atoms with Gasteiger partial charge in [0.1, 0.15) is 11.8 Å². The Balaban J connectivity index is 1.64. The van der Waals surface area contributed by atoms with E-state index in [0.29, 0.717) is 0 Å². The summed E-state index contributed by atoms with van der Waals surface area (Å²) in [6.45, 7) is 0. The van der Waals surface area contributed by atoms with Crippen LogP contribution in [0.25, 0.3) is 33.5 Å². The van der Waals surface area contributed by atoms with Crippen molar-refractivity contribution >= 4 is 10.9 Å². The lowest BCUT2D eigenvalue weighted by Crippen LogP contribution is -1.94. The third-order valence-electron chi connectivity index (χ3n) is 4.59.